The summed E-state index contributed by atoms with van der Waals surface area (Å²) in [5, 5.41) is 39.1. The Morgan fingerprint density at radius 1 is 0.621 bits per heavy atom. The van der Waals surface area contributed by atoms with Crippen LogP contribution in [0, 0.1) is 0 Å². The molecule has 29 heavy (non-hydrogen) atoms. The average Bonchev–Trinajstić information content (AvgIpc) is 2.80. The summed E-state index contributed by atoms with van der Waals surface area (Å²) in [7, 11) is 0. The molecule has 3 aromatic rings. The first-order valence-corrected chi connectivity index (χ1v) is 9.55. The van der Waals surface area contributed by atoms with Gasteiger partial charge in [-0.2, -0.15) is 0 Å². The van der Waals surface area contributed by atoms with Gasteiger partial charge in [-0.25, -0.2) is 0 Å². The highest BCUT2D eigenvalue weighted by Gasteiger charge is 2.39. The van der Waals surface area contributed by atoms with Crippen molar-refractivity contribution in [3.63, 3.8) is 0 Å². The summed E-state index contributed by atoms with van der Waals surface area (Å²) in [5.74, 6) is 0. The smallest absolute Gasteiger partial charge is 0.143 e. The second-order valence-electron chi connectivity index (χ2n) is 6.90. The van der Waals surface area contributed by atoms with Crippen molar-refractivity contribution in [2.75, 3.05) is 13.2 Å². The molecule has 0 aliphatic carbocycles. The number of aliphatic hydroxyl groups is 4. The fourth-order valence-electron chi connectivity index (χ4n) is 3.44. The zero-order chi connectivity index (χ0) is 20.7. The molecule has 0 saturated carbocycles. The van der Waals surface area contributed by atoms with Crippen LogP contribution in [0.4, 0.5) is 0 Å². The first-order valence-electron chi connectivity index (χ1n) is 9.55. The Bertz CT molecular complexity index is 758. The van der Waals surface area contributed by atoms with Crippen molar-refractivity contribution in [2.24, 2.45) is 0 Å². The van der Waals surface area contributed by atoms with Crippen LogP contribution in [0.3, 0.4) is 0 Å². The van der Waals surface area contributed by atoms with Crippen LogP contribution in [0.25, 0.3) is 0 Å². The fourth-order valence-corrected chi connectivity index (χ4v) is 3.44. The predicted molar refractivity (Wildman–Crippen MR) is 110 cm³/mol. The molecule has 0 saturated heterocycles. The number of hydrogen-bond acceptors (Lipinski definition) is 5. The molecule has 0 heterocycles. The van der Waals surface area contributed by atoms with Crippen molar-refractivity contribution in [2.45, 2.75) is 23.9 Å². The number of hydrogen-bond donors (Lipinski definition) is 4. The van der Waals surface area contributed by atoms with E-state index >= 15 is 0 Å². The Kier molecular flexibility index (Phi) is 7.14. The van der Waals surface area contributed by atoms with Gasteiger partial charge in [0.1, 0.15) is 23.9 Å². The van der Waals surface area contributed by atoms with E-state index in [4.69, 9.17) is 9.84 Å². The topological polar surface area (TPSA) is 90.2 Å². The van der Waals surface area contributed by atoms with Crippen LogP contribution in [0.1, 0.15) is 16.7 Å². The molecule has 0 aliphatic rings. The van der Waals surface area contributed by atoms with Crippen molar-refractivity contribution in [3.05, 3.63) is 108 Å². The third kappa shape index (κ3) is 4.56. The molecule has 4 N–H and O–H groups in total. The third-order valence-electron chi connectivity index (χ3n) is 4.99. The maximum atomic E-state index is 10.4. The van der Waals surface area contributed by atoms with Gasteiger partial charge in [0.2, 0.25) is 0 Å². The SMILES string of the molecule is OC[C@H](O)[C@H](O)[C@H](O)COC(c1ccccc1)(c1ccccc1)c1ccccc1. The molecule has 0 amide bonds. The Morgan fingerprint density at radius 3 is 1.34 bits per heavy atom. The van der Waals surface area contributed by atoms with Crippen LogP contribution in [-0.4, -0.2) is 52.0 Å². The molecule has 152 valence electrons. The molecule has 0 fully saturated rings. The summed E-state index contributed by atoms with van der Waals surface area (Å²) >= 11 is 0. The lowest BCUT2D eigenvalue weighted by atomic mass is 9.80. The molecule has 0 spiro atoms. The predicted octanol–water partition coefficient (Wildman–Crippen LogP) is 2.07. The normalized spacial score (nSPS) is 14.9. The second-order valence-corrected chi connectivity index (χ2v) is 6.90. The van der Waals surface area contributed by atoms with Gasteiger partial charge in [0.15, 0.2) is 0 Å². The molecule has 0 bridgehead atoms. The lowest BCUT2D eigenvalue weighted by Crippen LogP contribution is -2.44. The van der Waals surface area contributed by atoms with Gasteiger partial charge < -0.3 is 25.2 Å². The lowest BCUT2D eigenvalue weighted by molar-refractivity contribution is -0.118. The van der Waals surface area contributed by atoms with E-state index in [1.165, 1.54) is 0 Å². The van der Waals surface area contributed by atoms with Crippen molar-refractivity contribution in [1.82, 2.24) is 0 Å². The van der Waals surface area contributed by atoms with Gasteiger partial charge in [-0.1, -0.05) is 91.0 Å². The van der Waals surface area contributed by atoms with E-state index < -0.39 is 30.5 Å². The molecule has 3 atom stereocenters. The quantitative estimate of drug-likeness (QED) is 0.417. The van der Waals surface area contributed by atoms with Crippen LogP contribution < -0.4 is 0 Å². The highest BCUT2D eigenvalue weighted by Crippen LogP contribution is 2.40. The fraction of sp³-hybridized carbons (Fsp3) is 0.250. The number of aliphatic hydroxyl groups excluding tert-OH is 4. The number of benzene rings is 3. The van der Waals surface area contributed by atoms with E-state index in [1.807, 2.05) is 91.0 Å². The summed E-state index contributed by atoms with van der Waals surface area (Å²) in [6, 6.07) is 29.0. The van der Waals surface area contributed by atoms with Gasteiger partial charge in [0.05, 0.1) is 13.2 Å². The minimum absolute atomic E-state index is 0.253. The van der Waals surface area contributed by atoms with Gasteiger partial charge in [-0.15, -0.1) is 0 Å². The highest BCUT2D eigenvalue weighted by molar-refractivity contribution is 5.47. The van der Waals surface area contributed by atoms with Gasteiger partial charge in [-0.05, 0) is 16.7 Å². The Morgan fingerprint density at radius 2 is 1.00 bits per heavy atom. The van der Waals surface area contributed by atoms with Crippen LogP contribution in [-0.2, 0) is 10.3 Å². The van der Waals surface area contributed by atoms with Crippen LogP contribution in [0.15, 0.2) is 91.0 Å². The second kappa shape index (κ2) is 9.78. The van der Waals surface area contributed by atoms with Gasteiger partial charge in [-0.3, -0.25) is 0 Å². The zero-order valence-corrected chi connectivity index (χ0v) is 16.0. The number of ether oxygens (including phenoxy) is 1. The Balaban J connectivity index is 2.08. The minimum atomic E-state index is -1.53. The highest BCUT2D eigenvalue weighted by atomic mass is 16.5. The van der Waals surface area contributed by atoms with E-state index in [9.17, 15) is 15.3 Å². The largest absolute Gasteiger partial charge is 0.394 e. The third-order valence-corrected chi connectivity index (χ3v) is 4.99. The monoisotopic (exact) mass is 394 g/mol. The van der Waals surface area contributed by atoms with Crippen molar-refractivity contribution < 1.29 is 25.2 Å². The molecule has 0 radical (unpaired) electrons. The number of rotatable bonds is 9. The summed E-state index contributed by atoms with van der Waals surface area (Å²) in [4.78, 5) is 0. The van der Waals surface area contributed by atoms with Crippen molar-refractivity contribution in [1.29, 1.82) is 0 Å². The molecule has 0 aromatic heterocycles. The summed E-state index contributed by atoms with van der Waals surface area (Å²) in [6.45, 7) is -0.906. The molecule has 5 heteroatoms. The Hall–Kier alpha value is -2.54. The van der Waals surface area contributed by atoms with E-state index in [2.05, 4.69) is 0 Å². The first-order chi connectivity index (χ1) is 14.1. The first kappa shape index (κ1) is 21.2. The lowest BCUT2D eigenvalue weighted by Gasteiger charge is -2.37. The van der Waals surface area contributed by atoms with Crippen molar-refractivity contribution in [3.8, 4) is 0 Å². The zero-order valence-electron chi connectivity index (χ0n) is 16.0. The van der Waals surface area contributed by atoms with Gasteiger partial charge in [0.25, 0.3) is 0 Å². The maximum Gasteiger partial charge on any atom is 0.143 e. The standard InChI is InChI=1S/C24H26O5/c25-16-21(26)23(28)22(27)17-29-24(18-10-4-1-5-11-18,19-12-6-2-7-13-19)20-14-8-3-9-15-20/h1-15,21-23,25-28H,16-17H2/t21-,22+,23-/m0/s1. The van der Waals surface area contributed by atoms with Crippen molar-refractivity contribution >= 4 is 0 Å². The average molecular weight is 394 g/mol. The minimum Gasteiger partial charge on any atom is -0.394 e. The van der Waals surface area contributed by atoms with E-state index in [0.29, 0.717) is 0 Å². The van der Waals surface area contributed by atoms with Crippen LogP contribution >= 0.6 is 0 Å². The Labute approximate surface area is 170 Å². The molecule has 3 aromatic carbocycles. The molecular weight excluding hydrogens is 368 g/mol. The molecule has 0 aliphatic heterocycles. The molecule has 0 unspecified atom stereocenters. The molecule has 3 rings (SSSR count). The molecular formula is C24H26O5. The van der Waals surface area contributed by atoms with Gasteiger partial charge in [0, 0.05) is 0 Å². The van der Waals surface area contributed by atoms with Crippen LogP contribution in [0.2, 0.25) is 0 Å². The van der Waals surface area contributed by atoms with E-state index in [1.54, 1.807) is 0 Å². The van der Waals surface area contributed by atoms with E-state index in [0.717, 1.165) is 16.7 Å². The van der Waals surface area contributed by atoms with Crippen LogP contribution in [0.5, 0.6) is 0 Å². The van der Waals surface area contributed by atoms with Gasteiger partial charge >= 0.3 is 0 Å². The summed E-state index contributed by atoms with van der Waals surface area (Å²) in [6.07, 6.45) is -4.36. The van der Waals surface area contributed by atoms with E-state index in [-0.39, 0.29) is 6.61 Å². The summed E-state index contributed by atoms with van der Waals surface area (Å²) in [5.41, 5.74) is 1.56. The molecule has 5 nitrogen and oxygen atoms in total. The maximum absolute atomic E-state index is 10.4. The summed E-state index contributed by atoms with van der Waals surface area (Å²) < 4.78 is 6.36.